The molecular formula is C16H27N. The monoisotopic (exact) mass is 233 g/mol. The first kappa shape index (κ1) is 15.9. The zero-order valence-corrected chi connectivity index (χ0v) is 11.8. The smallest absolute Gasteiger partial charge is 0.00386 e. The van der Waals surface area contributed by atoms with Gasteiger partial charge in [-0.15, -0.1) is 0 Å². The third-order valence-corrected chi connectivity index (χ3v) is 2.58. The van der Waals surface area contributed by atoms with E-state index in [4.69, 9.17) is 0 Å². The molecule has 0 aromatic heterocycles. The van der Waals surface area contributed by atoms with E-state index in [1.54, 1.807) is 0 Å². The van der Waals surface area contributed by atoms with Crippen LogP contribution in [0.4, 0.5) is 0 Å². The molecule has 0 amide bonds. The molecule has 0 heterocycles. The van der Waals surface area contributed by atoms with Crippen LogP contribution in [0.25, 0.3) is 0 Å². The second-order valence-corrected chi connectivity index (χ2v) is 4.73. The van der Waals surface area contributed by atoms with Crippen molar-refractivity contribution < 1.29 is 0 Å². The average molecular weight is 233 g/mol. The van der Waals surface area contributed by atoms with Crippen LogP contribution in [0.3, 0.4) is 0 Å². The molecule has 0 spiro atoms. The Morgan fingerprint density at radius 1 is 1.24 bits per heavy atom. The van der Waals surface area contributed by atoms with Crippen molar-refractivity contribution in [2.24, 2.45) is 0 Å². The van der Waals surface area contributed by atoms with Crippen LogP contribution in [-0.2, 0) is 0 Å². The normalized spacial score (nSPS) is 14.7. The van der Waals surface area contributed by atoms with Crippen LogP contribution in [-0.4, -0.2) is 13.1 Å². The van der Waals surface area contributed by atoms with E-state index < -0.39 is 0 Å². The van der Waals surface area contributed by atoms with Crippen molar-refractivity contribution >= 4 is 0 Å². The quantitative estimate of drug-likeness (QED) is 0.484. The second-order valence-electron chi connectivity index (χ2n) is 4.73. The standard InChI is InChI=1S/C16H27N/c1-14(2)13-15(3)11-9-7-6-8-10-12-16(4)17-5/h6-9,11,16-17H,1,10,12-13H2,2-5H3/b8-6+,9-7-,15-11-. The van der Waals surface area contributed by atoms with Gasteiger partial charge >= 0.3 is 0 Å². The van der Waals surface area contributed by atoms with Gasteiger partial charge in [0.1, 0.15) is 0 Å². The van der Waals surface area contributed by atoms with Gasteiger partial charge in [0.25, 0.3) is 0 Å². The van der Waals surface area contributed by atoms with Crippen LogP contribution in [0.5, 0.6) is 0 Å². The summed E-state index contributed by atoms with van der Waals surface area (Å²) >= 11 is 0. The van der Waals surface area contributed by atoms with Gasteiger partial charge in [0.15, 0.2) is 0 Å². The summed E-state index contributed by atoms with van der Waals surface area (Å²) < 4.78 is 0. The number of allylic oxidation sites excluding steroid dienone is 7. The van der Waals surface area contributed by atoms with E-state index in [0.717, 1.165) is 12.8 Å². The maximum absolute atomic E-state index is 3.90. The van der Waals surface area contributed by atoms with Crippen LogP contribution >= 0.6 is 0 Å². The molecule has 0 aliphatic carbocycles. The average Bonchev–Trinajstić information content (AvgIpc) is 2.26. The summed E-state index contributed by atoms with van der Waals surface area (Å²) in [6, 6.07) is 0.598. The Balaban J connectivity index is 3.79. The highest BCUT2D eigenvalue weighted by Crippen LogP contribution is 2.07. The van der Waals surface area contributed by atoms with Gasteiger partial charge in [-0.3, -0.25) is 0 Å². The molecule has 1 nitrogen and oxygen atoms in total. The van der Waals surface area contributed by atoms with Gasteiger partial charge in [-0.05, 0) is 47.1 Å². The van der Waals surface area contributed by atoms with Crippen molar-refractivity contribution in [1.82, 2.24) is 5.32 Å². The number of hydrogen-bond acceptors (Lipinski definition) is 1. The van der Waals surface area contributed by atoms with Crippen molar-refractivity contribution in [3.63, 3.8) is 0 Å². The molecule has 0 saturated carbocycles. The van der Waals surface area contributed by atoms with E-state index in [1.807, 2.05) is 7.05 Å². The van der Waals surface area contributed by atoms with Crippen LogP contribution in [0.2, 0.25) is 0 Å². The van der Waals surface area contributed by atoms with Crippen LogP contribution in [0.1, 0.15) is 40.0 Å². The highest BCUT2D eigenvalue weighted by molar-refractivity contribution is 5.18. The Morgan fingerprint density at radius 3 is 2.53 bits per heavy atom. The minimum Gasteiger partial charge on any atom is -0.317 e. The lowest BCUT2D eigenvalue weighted by Gasteiger charge is -2.06. The molecular weight excluding hydrogens is 206 g/mol. The SMILES string of the molecule is C=C(C)C\C(C)=C/C=C\C=C\CCC(C)NC. The summed E-state index contributed by atoms with van der Waals surface area (Å²) in [4.78, 5) is 0. The van der Waals surface area contributed by atoms with Crippen molar-refractivity contribution in [3.8, 4) is 0 Å². The molecule has 0 aliphatic rings. The van der Waals surface area contributed by atoms with Crippen molar-refractivity contribution in [2.45, 2.75) is 46.1 Å². The van der Waals surface area contributed by atoms with E-state index in [9.17, 15) is 0 Å². The molecule has 1 N–H and O–H groups in total. The highest BCUT2D eigenvalue weighted by atomic mass is 14.8. The third kappa shape index (κ3) is 11.2. The molecule has 1 heteroatoms. The minimum absolute atomic E-state index is 0.598. The molecule has 96 valence electrons. The Hall–Kier alpha value is -1.08. The maximum Gasteiger partial charge on any atom is 0.00386 e. The van der Waals surface area contributed by atoms with E-state index >= 15 is 0 Å². The second kappa shape index (κ2) is 10.1. The lowest BCUT2D eigenvalue weighted by atomic mass is 10.1. The van der Waals surface area contributed by atoms with Crippen LogP contribution in [0, 0.1) is 0 Å². The van der Waals surface area contributed by atoms with E-state index in [2.05, 4.69) is 63.0 Å². The maximum atomic E-state index is 3.90. The van der Waals surface area contributed by atoms with E-state index in [1.165, 1.54) is 17.6 Å². The van der Waals surface area contributed by atoms with Gasteiger partial charge < -0.3 is 5.32 Å². The van der Waals surface area contributed by atoms with Crippen LogP contribution in [0.15, 0.2) is 48.1 Å². The van der Waals surface area contributed by atoms with Crippen molar-refractivity contribution in [2.75, 3.05) is 7.05 Å². The summed E-state index contributed by atoms with van der Waals surface area (Å²) in [6.07, 6.45) is 14.0. The fraction of sp³-hybridized carbons (Fsp3) is 0.500. The molecule has 1 unspecified atom stereocenters. The van der Waals surface area contributed by atoms with Crippen molar-refractivity contribution in [3.05, 3.63) is 48.1 Å². The molecule has 0 aromatic rings. The fourth-order valence-electron chi connectivity index (χ4n) is 1.48. The minimum atomic E-state index is 0.598. The first-order valence-corrected chi connectivity index (χ1v) is 6.37. The summed E-state index contributed by atoms with van der Waals surface area (Å²) in [5.41, 5.74) is 2.56. The molecule has 0 radical (unpaired) electrons. The Labute approximate surface area is 107 Å². The predicted octanol–water partition coefficient (Wildman–Crippen LogP) is 4.40. The Morgan fingerprint density at radius 2 is 1.94 bits per heavy atom. The highest BCUT2D eigenvalue weighted by Gasteiger charge is 1.93. The zero-order valence-electron chi connectivity index (χ0n) is 11.8. The van der Waals surface area contributed by atoms with Gasteiger partial charge in [0, 0.05) is 6.04 Å². The zero-order chi connectivity index (χ0) is 13.1. The molecule has 0 aliphatic heterocycles. The Bertz CT molecular complexity index is 295. The number of hydrogen-bond donors (Lipinski definition) is 1. The van der Waals surface area contributed by atoms with Crippen molar-refractivity contribution in [1.29, 1.82) is 0 Å². The van der Waals surface area contributed by atoms with Gasteiger partial charge in [-0.2, -0.15) is 0 Å². The third-order valence-electron chi connectivity index (χ3n) is 2.58. The summed E-state index contributed by atoms with van der Waals surface area (Å²) in [6.45, 7) is 10.3. The lowest BCUT2D eigenvalue weighted by Crippen LogP contribution is -2.20. The molecule has 0 bridgehead atoms. The molecule has 0 saturated heterocycles. The molecule has 17 heavy (non-hydrogen) atoms. The lowest BCUT2D eigenvalue weighted by molar-refractivity contribution is 0.571. The summed E-state index contributed by atoms with van der Waals surface area (Å²) in [5, 5.41) is 3.23. The van der Waals surface area contributed by atoms with E-state index in [-0.39, 0.29) is 0 Å². The fourth-order valence-corrected chi connectivity index (χ4v) is 1.48. The first-order chi connectivity index (χ1) is 8.06. The Kier molecular flexibility index (Phi) is 9.46. The van der Waals surface area contributed by atoms with Gasteiger partial charge in [-0.1, -0.05) is 48.1 Å². The predicted molar refractivity (Wildman–Crippen MR) is 79.2 cm³/mol. The number of nitrogens with one attached hydrogen (secondary N) is 1. The van der Waals surface area contributed by atoms with Gasteiger partial charge in [-0.25, -0.2) is 0 Å². The van der Waals surface area contributed by atoms with E-state index in [0.29, 0.717) is 6.04 Å². The molecule has 1 atom stereocenters. The largest absolute Gasteiger partial charge is 0.317 e. The topological polar surface area (TPSA) is 12.0 Å². The summed E-state index contributed by atoms with van der Waals surface area (Å²) in [7, 11) is 2.00. The van der Waals surface area contributed by atoms with Gasteiger partial charge in [0.05, 0.1) is 0 Å². The first-order valence-electron chi connectivity index (χ1n) is 6.37. The molecule has 0 aromatic carbocycles. The number of rotatable bonds is 8. The summed E-state index contributed by atoms with van der Waals surface area (Å²) in [5.74, 6) is 0. The van der Waals surface area contributed by atoms with Gasteiger partial charge in [0.2, 0.25) is 0 Å². The molecule has 0 fully saturated rings. The molecule has 0 rings (SSSR count). The van der Waals surface area contributed by atoms with Crippen LogP contribution < -0.4 is 5.32 Å².